The molecule has 20 heavy (non-hydrogen) atoms. The van der Waals surface area contributed by atoms with Crippen LogP contribution in [0.5, 0.6) is 0 Å². The van der Waals surface area contributed by atoms with Crippen LogP contribution in [0.25, 0.3) is 10.9 Å². The van der Waals surface area contributed by atoms with E-state index in [1.807, 2.05) is 37.3 Å². The number of amides is 1. The summed E-state index contributed by atoms with van der Waals surface area (Å²) in [7, 11) is 0. The second-order valence-electron chi connectivity index (χ2n) is 5.36. The molecule has 4 nitrogen and oxygen atoms in total. The minimum atomic E-state index is 0.0591. The first-order valence-electron chi connectivity index (χ1n) is 7.12. The summed E-state index contributed by atoms with van der Waals surface area (Å²) in [4.78, 5) is 16.9. The summed E-state index contributed by atoms with van der Waals surface area (Å²) in [5, 5.41) is 7.36. The zero-order chi connectivity index (χ0) is 13.9. The number of aromatic nitrogens is 1. The first kappa shape index (κ1) is 13.1. The molecule has 2 N–H and O–H groups in total. The molecule has 0 radical (unpaired) electrons. The van der Waals surface area contributed by atoms with E-state index in [1.54, 1.807) is 0 Å². The van der Waals surface area contributed by atoms with Gasteiger partial charge in [-0.15, -0.1) is 0 Å². The largest absolute Gasteiger partial charge is 0.324 e. The Balaban J connectivity index is 1.86. The van der Waals surface area contributed by atoms with Crippen LogP contribution in [-0.2, 0) is 4.79 Å². The van der Waals surface area contributed by atoms with Gasteiger partial charge in [-0.1, -0.05) is 18.2 Å². The van der Waals surface area contributed by atoms with Crippen LogP contribution in [0, 0.1) is 12.8 Å². The molecule has 0 aliphatic carbocycles. The molecule has 1 aromatic carbocycles. The normalized spacial score (nSPS) is 18.9. The van der Waals surface area contributed by atoms with Crippen LogP contribution < -0.4 is 10.6 Å². The number of carbonyl (C=O) groups is 1. The van der Waals surface area contributed by atoms with Crippen LogP contribution >= 0.6 is 0 Å². The Bertz CT molecular complexity index is 633. The molecule has 0 unspecified atom stereocenters. The average Bonchev–Trinajstić information content (AvgIpc) is 2.49. The number of piperidine rings is 1. The van der Waals surface area contributed by atoms with Gasteiger partial charge in [0.25, 0.3) is 0 Å². The summed E-state index contributed by atoms with van der Waals surface area (Å²) in [5.74, 6) is 0.150. The van der Waals surface area contributed by atoms with E-state index in [0.717, 1.165) is 48.2 Å². The zero-order valence-corrected chi connectivity index (χ0v) is 11.6. The van der Waals surface area contributed by atoms with E-state index in [4.69, 9.17) is 0 Å². The van der Waals surface area contributed by atoms with Crippen molar-refractivity contribution in [2.75, 3.05) is 18.4 Å². The lowest BCUT2D eigenvalue weighted by atomic mass is 9.98. The molecule has 2 heterocycles. The van der Waals surface area contributed by atoms with Crippen LogP contribution in [0.3, 0.4) is 0 Å². The van der Waals surface area contributed by atoms with Gasteiger partial charge in [-0.2, -0.15) is 0 Å². The van der Waals surface area contributed by atoms with Crippen molar-refractivity contribution in [1.29, 1.82) is 0 Å². The molecule has 0 bridgehead atoms. The molecule has 104 valence electrons. The van der Waals surface area contributed by atoms with Crippen molar-refractivity contribution in [3.63, 3.8) is 0 Å². The number of nitrogens with zero attached hydrogens (tertiary/aromatic N) is 1. The molecular formula is C16H19N3O. The lowest BCUT2D eigenvalue weighted by Crippen LogP contribution is -2.37. The number of hydrogen-bond donors (Lipinski definition) is 2. The molecule has 1 fully saturated rings. The highest BCUT2D eigenvalue weighted by Gasteiger charge is 2.21. The third kappa shape index (κ3) is 2.65. The molecule has 1 aliphatic rings. The number of anilines is 1. The Morgan fingerprint density at radius 3 is 3.05 bits per heavy atom. The van der Waals surface area contributed by atoms with Gasteiger partial charge in [-0.3, -0.25) is 9.78 Å². The Morgan fingerprint density at radius 1 is 1.35 bits per heavy atom. The first-order valence-corrected chi connectivity index (χ1v) is 7.12. The van der Waals surface area contributed by atoms with E-state index in [9.17, 15) is 4.79 Å². The van der Waals surface area contributed by atoms with Crippen molar-refractivity contribution in [2.45, 2.75) is 19.8 Å². The van der Waals surface area contributed by atoms with Gasteiger partial charge in [0, 0.05) is 17.6 Å². The molecule has 1 saturated heterocycles. The highest BCUT2D eigenvalue weighted by molar-refractivity contribution is 6.01. The predicted molar refractivity (Wildman–Crippen MR) is 80.7 cm³/mol. The van der Waals surface area contributed by atoms with E-state index in [-0.39, 0.29) is 11.8 Å². The second-order valence-corrected chi connectivity index (χ2v) is 5.36. The maximum Gasteiger partial charge on any atom is 0.228 e. The Morgan fingerprint density at radius 2 is 2.25 bits per heavy atom. The minimum Gasteiger partial charge on any atom is -0.324 e. The highest BCUT2D eigenvalue weighted by Crippen LogP contribution is 2.23. The van der Waals surface area contributed by atoms with Crippen molar-refractivity contribution in [3.8, 4) is 0 Å². The van der Waals surface area contributed by atoms with Gasteiger partial charge < -0.3 is 10.6 Å². The number of nitrogens with one attached hydrogen (secondary N) is 2. The van der Waals surface area contributed by atoms with Crippen molar-refractivity contribution in [3.05, 3.63) is 36.0 Å². The zero-order valence-electron chi connectivity index (χ0n) is 11.6. The number of hydrogen-bond acceptors (Lipinski definition) is 3. The summed E-state index contributed by atoms with van der Waals surface area (Å²) in [6, 6.07) is 9.91. The third-order valence-electron chi connectivity index (χ3n) is 3.79. The summed E-state index contributed by atoms with van der Waals surface area (Å²) in [6.45, 7) is 3.74. The van der Waals surface area contributed by atoms with E-state index >= 15 is 0 Å². The number of aryl methyl sites for hydroxylation is 1. The van der Waals surface area contributed by atoms with Crippen molar-refractivity contribution < 1.29 is 4.79 Å². The van der Waals surface area contributed by atoms with Gasteiger partial charge in [-0.25, -0.2) is 0 Å². The van der Waals surface area contributed by atoms with Crippen LogP contribution in [0.1, 0.15) is 18.5 Å². The summed E-state index contributed by atoms with van der Waals surface area (Å²) < 4.78 is 0. The number of fused-ring (bicyclic) bond motifs is 1. The number of para-hydroxylation sites is 1. The summed E-state index contributed by atoms with van der Waals surface area (Å²) in [6.07, 6.45) is 2.01. The number of pyridine rings is 1. The van der Waals surface area contributed by atoms with Gasteiger partial charge in [0.05, 0.1) is 17.1 Å². The van der Waals surface area contributed by atoms with Gasteiger partial charge in [0.2, 0.25) is 5.91 Å². The minimum absolute atomic E-state index is 0.0591. The second kappa shape index (κ2) is 5.59. The average molecular weight is 269 g/mol. The third-order valence-corrected chi connectivity index (χ3v) is 3.79. The fourth-order valence-corrected chi connectivity index (χ4v) is 2.66. The smallest absolute Gasteiger partial charge is 0.228 e. The molecule has 2 aromatic rings. The molecule has 1 atom stereocenters. The molecular weight excluding hydrogens is 250 g/mol. The van der Waals surface area contributed by atoms with Crippen LogP contribution in [0.4, 0.5) is 5.69 Å². The highest BCUT2D eigenvalue weighted by atomic mass is 16.1. The maximum atomic E-state index is 12.3. The molecule has 1 amide bonds. The monoisotopic (exact) mass is 269 g/mol. The van der Waals surface area contributed by atoms with Crippen molar-refractivity contribution >= 4 is 22.5 Å². The van der Waals surface area contributed by atoms with Crippen molar-refractivity contribution in [2.24, 2.45) is 5.92 Å². The topological polar surface area (TPSA) is 54.0 Å². The SMILES string of the molecule is Cc1ccc2cccc(NC(=O)[C@@H]3CCCNC3)c2n1. The molecule has 3 rings (SSSR count). The molecule has 0 spiro atoms. The fraction of sp³-hybridized carbons (Fsp3) is 0.375. The van der Waals surface area contributed by atoms with E-state index in [2.05, 4.69) is 15.6 Å². The number of carbonyl (C=O) groups excluding carboxylic acids is 1. The van der Waals surface area contributed by atoms with Gasteiger partial charge in [0.1, 0.15) is 0 Å². The maximum absolute atomic E-state index is 12.3. The lowest BCUT2D eigenvalue weighted by molar-refractivity contribution is -0.120. The van der Waals surface area contributed by atoms with Gasteiger partial charge in [-0.05, 0) is 38.4 Å². The van der Waals surface area contributed by atoms with E-state index in [0.29, 0.717) is 0 Å². The van der Waals surface area contributed by atoms with Gasteiger partial charge in [0.15, 0.2) is 0 Å². The van der Waals surface area contributed by atoms with E-state index in [1.165, 1.54) is 0 Å². The Kier molecular flexibility index (Phi) is 3.65. The Labute approximate surface area is 118 Å². The van der Waals surface area contributed by atoms with Crippen LogP contribution in [-0.4, -0.2) is 24.0 Å². The standard InChI is InChI=1S/C16H19N3O/c1-11-7-8-12-4-2-6-14(15(12)18-11)19-16(20)13-5-3-9-17-10-13/h2,4,6-8,13,17H,3,5,9-10H2,1H3,(H,19,20)/t13-/m1/s1. The van der Waals surface area contributed by atoms with Crippen molar-refractivity contribution in [1.82, 2.24) is 10.3 Å². The Hall–Kier alpha value is -1.94. The quantitative estimate of drug-likeness (QED) is 0.880. The predicted octanol–water partition coefficient (Wildman–Crippen LogP) is 2.48. The number of rotatable bonds is 2. The molecule has 4 heteroatoms. The summed E-state index contributed by atoms with van der Waals surface area (Å²) >= 11 is 0. The number of benzene rings is 1. The van der Waals surface area contributed by atoms with Crippen LogP contribution in [0.15, 0.2) is 30.3 Å². The molecule has 1 aliphatic heterocycles. The first-order chi connectivity index (χ1) is 9.74. The van der Waals surface area contributed by atoms with Crippen LogP contribution in [0.2, 0.25) is 0 Å². The summed E-state index contributed by atoms with van der Waals surface area (Å²) in [5.41, 5.74) is 2.63. The van der Waals surface area contributed by atoms with E-state index < -0.39 is 0 Å². The fourth-order valence-electron chi connectivity index (χ4n) is 2.66. The molecule has 0 saturated carbocycles. The van der Waals surface area contributed by atoms with Gasteiger partial charge >= 0.3 is 0 Å². The molecule has 1 aromatic heterocycles. The lowest BCUT2D eigenvalue weighted by Gasteiger charge is -2.22.